The molecular formula is C13H11O2S+. The van der Waals surface area contributed by atoms with Crippen LogP contribution in [0.1, 0.15) is 5.56 Å². The molecule has 0 unspecified atom stereocenters. The Bertz CT molecular complexity index is 495. The second-order valence-electron chi connectivity index (χ2n) is 3.43. The smallest absolute Gasteiger partial charge is 0.457 e. The summed E-state index contributed by atoms with van der Waals surface area (Å²) in [4.78, 5) is 0.736. The molecule has 2 aromatic rings. The second kappa shape index (κ2) is 4.86. The molecule has 2 nitrogen and oxygen atoms in total. The Labute approximate surface area is 98.4 Å². The summed E-state index contributed by atoms with van der Waals surface area (Å²) in [5.41, 5.74) is 0.938. The van der Waals surface area contributed by atoms with E-state index >= 15 is 0 Å². The van der Waals surface area contributed by atoms with Crippen LogP contribution < -0.4 is 4.74 Å². The number of aryl methyl sites for hydroxylation is 1. The van der Waals surface area contributed by atoms with Gasteiger partial charge in [0, 0.05) is 15.8 Å². The molecule has 80 valence electrons. The first-order chi connectivity index (χ1) is 7.79. The van der Waals surface area contributed by atoms with Crippen molar-refractivity contribution >= 4 is 11.7 Å². The quantitative estimate of drug-likeness (QED) is 0.755. The average molecular weight is 231 g/mol. The molecule has 0 aromatic heterocycles. The first kappa shape index (κ1) is 10.8. The minimum Gasteiger partial charge on any atom is -0.457 e. The van der Waals surface area contributed by atoms with Crippen molar-refractivity contribution in [3.05, 3.63) is 54.1 Å². The number of hydrogen-bond acceptors (Lipinski definition) is 2. The lowest BCUT2D eigenvalue weighted by Crippen LogP contribution is -1.86. The lowest BCUT2D eigenvalue weighted by atomic mass is 10.2. The monoisotopic (exact) mass is 231 g/mol. The summed E-state index contributed by atoms with van der Waals surface area (Å²) in [6.45, 7) is 1.90. The molecule has 0 bridgehead atoms. The van der Waals surface area contributed by atoms with Gasteiger partial charge in [-0.15, -0.1) is 0 Å². The SMILES string of the molecule is Cc1cc(Oc2ccccc2)ccc1[S+]=O. The van der Waals surface area contributed by atoms with Crippen molar-refractivity contribution < 1.29 is 8.95 Å². The number of hydrogen-bond donors (Lipinski definition) is 0. The first-order valence-corrected chi connectivity index (χ1v) is 5.67. The van der Waals surface area contributed by atoms with Crippen molar-refractivity contribution in [2.75, 3.05) is 0 Å². The van der Waals surface area contributed by atoms with E-state index in [4.69, 9.17) is 4.74 Å². The van der Waals surface area contributed by atoms with E-state index in [2.05, 4.69) is 0 Å². The third-order valence-electron chi connectivity index (χ3n) is 2.22. The Kier molecular flexibility index (Phi) is 3.27. The summed E-state index contributed by atoms with van der Waals surface area (Å²) in [7, 11) is 0. The van der Waals surface area contributed by atoms with Crippen molar-refractivity contribution in [3.8, 4) is 11.5 Å². The molecular weight excluding hydrogens is 220 g/mol. The van der Waals surface area contributed by atoms with Crippen LogP contribution in [0.25, 0.3) is 0 Å². The fourth-order valence-corrected chi connectivity index (χ4v) is 1.72. The molecule has 3 heteroatoms. The van der Waals surface area contributed by atoms with Gasteiger partial charge in [-0.2, -0.15) is 0 Å². The van der Waals surface area contributed by atoms with E-state index in [-0.39, 0.29) is 0 Å². The van der Waals surface area contributed by atoms with Crippen molar-refractivity contribution in [2.45, 2.75) is 11.8 Å². The molecule has 0 fully saturated rings. The fraction of sp³-hybridized carbons (Fsp3) is 0.0769. The van der Waals surface area contributed by atoms with Crippen LogP contribution in [0.2, 0.25) is 0 Å². The largest absolute Gasteiger partial charge is 0.505 e. The van der Waals surface area contributed by atoms with Gasteiger partial charge < -0.3 is 4.74 Å². The first-order valence-electron chi connectivity index (χ1n) is 4.93. The lowest BCUT2D eigenvalue weighted by Gasteiger charge is -2.04. The summed E-state index contributed by atoms with van der Waals surface area (Å²) in [6, 6.07) is 15.0. The molecule has 0 aliphatic rings. The summed E-state index contributed by atoms with van der Waals surface area (Å²) < 4.78 is 16.3. The zero-order valence-corrected chi connectivity index (χ0v) is 9.66. The third-order valence-corrected chi connectivity index (χ3v) is 2.85. The molecule has 16 heavy (non-hydrogen) atoms. The number of para-hydroxylation sites is 1. The number of ether oxygens (including phenoxy) is 1. The van der Waals surface area contributed by atoms with Crippen LogP contribution in [0.3, 0.4) is 0 Å². The lowest BCUT2D eigenvalue weighted by molar-refractivity contribution is 0.481. The van der Waals surface area contributed by atoms with E-state index in [1.54, 1.807) is 12.1 Å². The molecule has 0 aliphatic heterocycles. The zero-order valence-electron chi connectivity index (χ0n) is 8.84. The van der Waals surface area contributed by atoms with Crippen molar-refractivity contribution in [1.82, 2.24) is 0 Å². The minimum atomic E-state index is 0.505. The highest BCUT2D eigenvalue weighted by Crippen LogP contribution is 2.23. The Morgan fingerprint density at radius 2 is 1.75 bits per heavy atom. The second-order valence-corrected chi connectivity index (χ2v) is 4.03. The summed E-state index contributed by atoms with van der Waals surface area (Å²) in [5, 5.41) is 0. The molecule has 0 atom stereocenters. The van der Waals surface area contributed by atoms with Gasteiger partial charge in [0.05, 0.1) is 0 Å². The van der Waals surface area contributed by atoms with Gasteiger partial charge in [-0.25, -0.2) is 0 Å². The van der Waals surface area contributed by atoms with Gasteiger partial charge in [0.15, 0.2) is 0 Å². The van der Waals surface area contributed by atoms with Crippen molar-refractivity contribution in [2.24, 2.45) is 0 Å². The van der Waals surface area contributed by atoms with Gasteiger partial charge in [-0.3, -0.25) is 0 Å². The minimum absolute atomic E-state index is 0.505. The summed E-state index contributed by atoms with van der Waals surface area (Å²) in [5.74, 6) is 1.55. The van der Waals surface area contributed by atoms with Crippen LogP contribution in [0.4, 0.5) is 0 Å². The Hall–Kier alpha value is -1.74. The molecule has 2 aromatic carbocycles. The Morgan fingerprint density at radius 3 is 2.38 bits per heavy atom. The summed E-state index contributed by atoms with van der Waals surface area (Å²) in [6.07, 6.45) is 0. The maximum atomic E-state index is 10.7. The topological polar surface area (TPSA) is 26.3 Å². The Morgan fingerprint density at radius 1 is 1.00 bits per heavy atom. The standard InChI is InChI=1S/C13H11O2S/c1-10-9-12(7-8-13(10)16-14)15-11-5-3-2-4-6-11/h2-9H,1H3/q+1. The van der Waals surface area contributed by atoms with Crippen LogP contribution in [-0.4, -0.2) is 0 Å². The highest BCUT2D eigenvalue weighted by atomic mass is 32.1. The van der Waals surface area contributed by atoms with Crippen LogP contribution in [-0.2, 0) is 15.9 Å². The summed E-state index contributed by atoms with van der Waals surface area (Å²) >= 11 is 0.505. The Balaban J connectivity index is 2.23. The fourth-order valence-electron chi connectivity index (χ4n) is 1.40. The molecule has 0 saturated heterocycles. The van der Waals surface area contributed by atoms with E-state index in [1.165, 1.54) is 0 Å². The molecule has 0 N–H and O–H groups in total. The van der Waals surface area contributed by atoms with Gasteiger partial charge in [0.1, 0.15) is 11.5 Å². The van der Waals surface area contributed by atoms with Gasteiger partial charge in [-0.05, 0) is 31.2 Å². The van der Waals surface area contributed by atoms with Crippen LogP contribution >= 0.6 is 0 Å². The predicted octanol–water partition coefficient (Wildman–Crippen LogP) is 3.57. The van der Waals surface area contributed by atoms with Crippen molar-refractivity contribution in [1.29, 1.82) is 0 Å². The molecule has 0 spiro atoms. The van der Waals surface area contributed by atoms with Gasteiger partial charge in [0.25, 0.3) is 4.90 Å². The van der Waals surface area contributed by atoms with Crippen LogP contribution in [0, 0.1) is 6.92 Å². The van der Waals surface area contributed by atoms with Crippen LogP contribution in [0.15, 0.2) is 53.4 Å². The molecule has 2 rings (SSSR count). The van der Waals surface area contributed by atoms with Gasteiger partial charge in [-0.1, -0.05) is 18.2 Å². The number of rotatable bonds is 3. The average Bonchev–Trinajstić information content (AvgIpc) is 2.31. The van der Waals surface area contributed by atoms with Crippen LogP contribution in [0.5, 0.6) is 11.5 Å². The molecule has 0 aliphatic carbocycles. The van der Waals surface area contributed by atoms with E-state index in [0.717, 1.165) is 22.0 Å². The molecule has 0 amide bonds. The van der Waals surface area contributed by atoms with E-state index in [1.807, 2.05) is 43.3 Å². The highest BCUT2D eigenvalue weighted by molar-refractivity contribution is 7.65. The third kappa shape index (κ3) is 2.44. The van der Waals surface area contributed by atoms with E-state index in [0.29, 0.717) is 11.7 Å². The highest BCUT2D eigenvalue weighted by Gasteiger charge is 2.11. The van der Waals surface area contributed by atoms with Gasteiger partial charge >= 0.3 is 11.7 Å². The van der Waals surface area contributed by atoms with Crippen molar-refractivity contribution in [3.63, 3.8) is 0 Å². The molecule has 0 saturated carbocycles. The van der Waals surface area contributed by atoms with E-state index < -0.39 is 0 Å². The maximum absolute atomic E-state index is 10.7. The van der Waals surface area contributed by atoms with Gasteiger partial charge in [0.2, 0.25) is 0 Å². The maximum Gasteiger partial charge on any atom is 0.505 e. The molecule has 0 heterocycles. The zero-order chi connectivity index (χ0) is 11.4. The predicted molar refractivity (Wildman–Crippen MR) is 64.0 cm³/mol. The normalized spacial score (nSPS) is 9.81. The molecule has 0 radical (unpaired) electrons. The number of benzene rings is 2. The van der Waals surface area contributed by atoms with E-state index in [9.17, 15) is 4.21 Å².